The van der Waals surface area contributed by atoms with Crippen LogP contribution in [0.1, 0.15) is 28.5 Å². The SMILES string of the molecule is CCc1ccc(CC(O)c2ncccc2F)s1. The fraction of sp³-hybridized carbons (Fsp3) is 0.308. The predicted molar refractivity (Wildman–Crippen MR) is 66.6 cm³/mol. The van der Waals surface area contributed by atoms with Crippen LogP contribution in [0.4, 0.5) is 4.39 Å². The van der Waals surface area contributed by atoms with Gasteiger partial charge >= 0.3 is 0 Å². The van der Waals surface area contributed by atoms with Gasteiger partial charge in [0.25, 0.3) is 0 Å². The summed E-state index contributed by atoms with van der Waals surface area (Å²) in [5.74, 6) is -0.452. The molecule has 17 heavy (non-hydrogen) atoms. The van der Waals surface area contributed by atoms with Crippen LogP contribution in [0.2, 0.25) is 0 Å². The van der Waals surface area contributed by atoms with Crippen LogP contribution in [0.5, 0.6) is 0 Å². The predicted octanol–water partition coefficient (Wildman–Crippen LogP) is 3.12. The van der Waals surface area contributed by atoms with Gasteiger partial charge in [0.05, 0.1) is 0 Å². The van der Waals surface area contributed by atoms with Crippen LogP contribution in [-0.2, 0) is 12.8 Å². The largest absolute Gasteiger partial charge is 0.386 e. The molecular weight excluding hydrogens is 237 g/mol. The zero-order valence-electron chi connectivity index (χ0n) is 9.56. The molecule has 1 unspecified atom stereocenters. The van der Waals surface area contributed by atoms with Crippen LogP contribution in [0.25, 0.3) is 0 Å². The molecule has 0 aromatic carbocycles. The van der Waals surface area contributed by atoms with E-state index in [1.165, 1.54) is 23.2 Å². The van der Waals surface area contributed by atoms with E-state index in [4.69, 9.17) is 0 Å². The summed E-state index contributed by atoms with van der Waals surface area (Å²) in [5.41, 5.74) is 0.124. The van der Waals surface area contributed by atoms with Crippen LogP contribution < -0.4 is 0 Å². The van der Waals surface area contributed by atoms with Gasteiger partial charge in [0.2, 0.25) is 0 Å². The van der Waals surface area contributed by atoms with Gasteiger partial charge in [0.15, 0.2) is 0 Å². The summed E-state index contributed by atoms with van der Waals surface area (Å²) in [4.78, 5) is 6.21. The third-order valence-electron chi connectivity index (χ3n) is 2.56. The molecule has 90 valence electrons. The Labute approximate surface area is 104 Å². The van der Waals surface area contributed by atoms with Crippen molar-refractivity contribution in [2.24, 2.45) is 0 Å². The number of aliphatic hydroxyl groups is 1. The van der Waals surface area contributed by atoms with E-state index in [-0.39, 0.29) is 5.69 Å². The number of halogens is 1. The third-order valence-corrected chi connectivity index (χ3v) is 3.81. The average molecular weight is 251 g/mol. The second kappa shape index (κ2) is 5.38. The first-order valence-electron chi connectivity index (χ1n) is 5.56. The van der Waals surface area contributed by atoms with Gasteiger partial charge in [-0.15, -0.1) is 11.3 Å². The lowest BCUT2D eigenvalue weighted by atomic mass is 10.1. The van der Waals surface area contributed by atoms with Gasteiger partial charge in [-0.2, -0.15) is 0 Å². The Morgan fingerprint density at radius 2 is 2.12 bits per heavy atom. The van der Waals surface area contributed by atoms with Crippen molar-refractivity contribution in [2.45, 2.75) is 25.9 Å². The molecule has 1 atom stereocenters. The van der Waals surface area contributed by atoms with Gasteiger partial charge in [-0.25, -0.2) is 4.39 Å². The molecule has 2 nitrogen and oxygen atoms in total. The van der Waals surface area contributed by atoms with Gasteiger partial charge in [0.1, 0.15) is 17.6 Å². The van der Waals surface area contributed by atoms with Crippen molar-refractivity contribution < 1.29 is 9.50 Å². The quantitative estimate of drug-likeness (QED) is 0.905. The van der Waals surface area contributed by atoms with E-state index >= 15 is 0 Å². The number of aliphatic hydroxyl groups excluding tert-OH is 1. The number of hydrogen-bond acceptors (Lipinski definition) is 3. The summed E-state index contributed by atoms with van der Waals surface area (Å²) in [6, 6.07) is 6.86. The van der Waals surface area contributed by atoms with Crippen LogP contribution >= 0.6 is 11.3 Å². The van der Waals surface area contributed by atoms with E-state index in [0.29, 0.717) is 6.42 Å². The summed E-state index contributed by atoms with van der Waals surface area (Å²) in [6.07, 6.45) is 2.02. The maximum Gasteiger partial charge on any atom is 0.147 e. The van der Waals surface area contributed by atoms with E-state index in [2.05, 4.69) is 11.9 Å². The molecule has 0 saturated carbocycles. The van der Waals surface area contributed by atoms with Crippen LogP contribution in [-0.4, -0.2) is 10.1 Å². The van der Waals surface area contributed by atoms with Crippen molar-refractivity contribution in [3.05, 3.63) is 51.7 Å². The standard InChI is InChI=1S/C13H14FNOS/c1-2-9-5-6-10(17-9)8-12(16)13-11(14)4-3-7-15-13/h3-7,12,16H,2,8H2,1H3. The topological polar surface area (TPSA) is 33.1 Å². The number of aryl methyl sites for hydroxylation is 1. The highest BCUT2D eigenvalue weighted by Crippen LogP contribution is 2.24. The van der Waals surface area contributed by atoms with Gasteiger partial charge in [-0.05, 0) is 30.7 Å². The minimum atomic E-state index is -0.875. The molecule has 0 aliphatic heterocycles. The number of aromatic nitrogens is 1. The highest BCUT2D eigenvalue weighted by molar-refractivity contribution is 7.11. The van der Waals surface area contributed by atoms with Crippen molar-refractivity contribution in [3.63, 3.8) is 0 Å². The Morgan fingerprint density at radius 1 is 1.35 bits per heavy atom. The molecule has 4 heteroatoms. The lowest BCUT2D eigenvalue weighted by molar-refractivity contribution is 0.169. The molecule has 0 amide bonds. The number of rotatable bonds is 4. The summed E-state index contributed by atoms with van der Waals surface area (Å²) in [6.45, 7) is 2.09. The summed E-state index contributed by atoms with van der Waals surface area (Å²) in [7, 11) is 0. The monoisotopic (exact) mass is 251 g/mol. The minimum Gasteiger partial charge on any atom is -0.386 e. The Kier molecular flexibility index (Phi) is 3.86. The molecule has 2 rings (SSSR count). The summed E-state index contributed by atoms with van der Waals surface area (Å²) >= 11 is 1.65. The lowest BCUT2D eigenvalue weighted by Gasteiger charge is -2.09. The van der Waals surface area contributed by atoms with E-state index in [1.807, 2.05) is 12.1 Å². The van der Waals surface area contributed by atoms with Gasteiger partial charge in [-0.1, -0.05) is 6.92 Å². The molecule has 0 aliphatic carbocycles. The minimum absolute atomic E-state index is 0.124. The van der Waals surface area contributed by atoms with Gasteiger partial charge in [0, 0.05) is 22.4 Å². The molecule has 0 radical (unpaired) electrons. The third kappa shape index (κ3) is 2.90. The maximum atomic E-state index is 13.4. The van der Waals surface area contributed by atoms with Crippen molar-refractivity contribution in [1.82, 2.24) is 4.98 Å². The lowest BCUT2D eigenvalue weighted by Crippen LogP contribution is -2.05. The van der Waals surface area contributed by atoms with E-state index < -0.39 is 11.9 Å². The molecular formula is C13H14FNOS. The second-order valence-electron chi connectivity index (χ2n) is 3.81. The van der Waals surface area contributed by atoms with Crippen molar-refractivity contribution >= 4 is 11.3 Å². The highest BCUT2D eigenvalue weighted by Gasteiger charge is 2.15. The van der Waals surface area contributed by atoms with E-state index in [9.17, 15) is 9.50 Å². The summed E-state index contributed by atoms with van der Waals surface area (Å²) in [5, 5.41) is 9.94. The molecule has 0 spiro atoms. The Balaban J connectivity index is 2.11. The van der Waals surface area contributed by atoms with Crippen LogP contribution in [0.3, 0.4) is 0 Å². The Bertz CT molecular complexity index is 498. The number of nitrogens with zero attached hydrogens (tertiary/aromatic N) is 1. The number of pyridine rings is 1. The fourth-order valence-electron chi connectivity index (χ4n) is 1.65. The molecule has 1 N–H and O–H groups in total. The first-order valence-corrected chi connectivity index (χ1v) is 6.38. The maximum absolute atomic E-state index is 13.4. The first kappa shape index (κ1) is 12.2. The van der Waals surface area contributed by atoms with Crippen molar-refractivity contribution in [3.8, 4) is 0 Å². The van der Waals surface area contributed by atoms with E-state index in [1.54, 1.807) is 11.3 Å². The molecule has 0 fully saturated rings. The highest BCUT2D eigenvalue weighted by atomic mass is 32.1. The van der Waals surface area contributed by atoms with Crippen LogP contribution in [0.15, 0.2) is 30.5 Å². The Hall–Kier alpha value is -1.26. The van der Waals surface area contributed by atoms with E-state index in [0.717, 1.165) is 11.3 Å². The molecule has 0 aliphatic rings. The molecule has 2 aromatic heterocycles. The van der Waals surface area contributed by atoms with Gasteiger partial charge < -0.3 is 5.11 Å². The molecule has 2 aromatic rings. The first-order chi connectivity index (χ1) is 8.20. The second-order valence-corrected chi connectivity index (χ2v) is 5.06. The molecule has 0 saturated heterocycles. The van der Waals surface area contributed by atoms with Crippen molar-refractivity contribution in [1.29, 1.82) is 0 Å². The summed E-state index contributed by atoms with van der Waals surface area (Å²) < 4.78 is 13.4. The zero-order valence-corrected chi connectivity index (χ0v) is 10.4. The Morgan fingerprint density at radius 3 is 2.76 bits per heavy atom. The molecule has 2 heterocycles. The average Bonchev–Trinajstić information content (AvgIpc) is 2.77. The fourth-order valence-corrected chi connectivity index (χ4v) is 2.65. The normalized spacial score (nSPS) is 12.6. The smallest absolute Gasteiger partial charge is 0.147 e. The molecule has 0 bridgehead atoms. The van der Waals surface area contributed by atoms with Crippen LogP contribution in [0, 0.1) is 5.82 Å². The zero-order chi connectivity index (χ0) is 12.3. The number of hydrogen-bond donors (Lipinski definition) is 1. The number of thiophene rings is 1. The van der Waals surface area contributed by atoms with Crippen molar-refractivity contribution in [2.75, 3.05) is 0 Å². The van der Waals surface area contributed by atoms with Gasteiger partial charge in [-0.3, -0.25) is 4.98 Å².